The summed E-state index contributed by atoms with van der Waals surface area (Å²) in [5, 5.41) is 12.4. The fourth-order valence-electron chi connectivity index (χ4n) is 3.24. The van der Waals surface area contributed by atoms with E-state index >= 15 is 0 Å². The van der Waals surface area contributed by atoms with Crippen LogP contribution in [0.15, 0.2) is 29.4 Å². The van der Waals surface area contributed by atoms with E-state index in [0.29, 0.717) is 12.6 Å². The zero-order valence-corrected chi connectivity index (χ0v) is 17.1. The Morgan fingerprint density at radius 3 is 2.75 bits per heavy atom. The van der Waals surface area contributed by atoms with E-state index in [1.54, 1.807) is 7.11 Å². The minimum Gasteiger partial charge on any atom is -0.497 e. The molecule has 0 spiro atoms. The highest BCUT2D eigenvalue weighted by atomic mass is 32.2. The van der Waals surface area contributed by atoms with Gasteiger partial charge in [0, 0.05) is 18.2 Å². The van der Waals surface area contributed by atoms with Crippen LogP contribution in [-0.4, -0.2) is 51.8 Å². The van der Waals surface area contributed by atoms with Crippen LogP contribution in [-0.2, 0) is 16.1 Å². The number of carbonyl (C=O) groups is 1. The van der Waals surface area contributed by atoms with Gasteiger partial charge in [0.05, 0.1) is 25.0 Å². The van der Waals surface area contributed by atoms with Gasteiger partial charge in [-0.25, -0.2) is 0 Å². The predicted molar refractivity (Wildman–Crippen MR) is 107 cm³/mol. The van der Waals surface area contributed by atoms with Crippen LogP contribution >= 0.6 is 11.8 Å². The molecule has 1 saturated carbocycles. The van der Waals surface area contributed by atoms with Gasteiger partial charge in [-0.2, -0.15) is 0 Å². The summed E-state index contributed by atoms with van der Waals surface area (Å²) < 4.78 is 13.2. The Morgan fingerprint density at radius 1 is 1.32 bits per heavy atom. The summed E-state index contributed by atoms with van der Waals surface area (Å²) >= 11 is 1.45. The molecule has 8 heteroatoms. The summed E-state index contributed by atoms with van der Waals surface area (Å²) in [6.07, 6.45) is 4.43. The van der Waals surface area contributed by atoms with Crippen molar-refractivity contribution >= 4 is 17.7 Å². The summed E-state index contributed by atoms with van der Waals surface area (Å²) in [5.41, 5.74) is 0.966. The van der Waals surface area contributed by atoms with Crippen LogP contribution in [0.5, 0.6) is 5.75 Å². The zero-order chi connectivity index (χ0) is 19.5. The van der Waals surface area contributed by atoms with E-state index in [4.69, 9.17) is 9.47 Å². The Hall–Kier alpha value is -2.06. The van der Waals surface area contributed by atoms with E-state index in [9.17, 15) is 4.79 Å². The quantitative estimate of drug-likeness (QED) is 0.684. The van der Waals surface area contributed by atoms with Gasteiger partial charge in [0.25, 0.3) is 0 Å². The van der Waals surface area contributed by atoms with Crippen molar-refractivity contribution in [1.29, 1.82) is 0 Å². The SMILES string of the molecule is COc1ccc(-c2nnc(SC(C)C(=O)NC3CC3)n2CC2CCCO2)cc1. The number of rotatable bonds is 8. The van der Waals surface area contributed by atoms with Crippen molar-refractivity contribution in [3.63, 3.8) is 0 Å². The van der Waals surface area contributed by atoms with Gasteiger partial charge in [0.15, 0.2) is 11.0 Å². The molecule has 2 aliphatic rings. The summed E-state index contributed by atoms with van der Waals surface area (Å²) in [6, 6.07) is 8.15. The van der Waals surface area contributed by atoms with Gasteiger partial charge in [-0.3, -0.25) is 9.36 Å². The number of aromatic nitrogens is 3. The topological polar surface area (TPSA) is 78.3 Å². The lowest BCUT2D eigenvalue weighted by molar-refractivity contribution is -0.120. The lowest BCUT2D eigenvalue weighted by atomic mass is 10.2. The standard InChI is InChI=1S/C20H26N4O3S/c1-13(19(25)21-15-7-8-15)28-20-23-22-18(14-5-9-16(26-2)10-6-14)24(20)12-17-4-3-11-27-17/h5-6,9-10,13,15,17H,3-4,7-8,11-12H2,1-2H3,(H,21,25). The summed E-state index contributed by atoms with van der Waals surface area (Å²) in [4.78, 5) is 12.4. The Morgan fingerprint density at radius 2 is 2.11 bits per heavy atom. The number of hydrogen-bond donors (Lipinski definition) is 1. The van der Waals surface area contributed by atoms with E-state index in [1.807, 2.05) is 31.2 Å². The maximum Gasteiger partial charge on any atom is 0.233 e. The van der Waals surface area contributed by atoms with Crippen LogP contribution in [0.1, 0.15) is 32.6 Å². The molecule has 4 rings (SSSR count). The summed E-state index contributed by atoms with van der Waals surface area (Å²) in [7, 11) is 1.65. The van der Waals surface area contributed by atoms with Gasteiger partial charge in [-0.15, -0.1) is 10.2 Å². The molecule has 1 amide bonds. The van der Waals surface area contributed by atoms with E-state index in [2.05, 4.69) is 20.1 Å². The molecule has 1 N–H and O–H groups in total. The second kappa shape index (κ2) is 8.53. The van der Waals surface area contributed by atoms with Gasteiger partial charge in [-0.05, 0) is 56.9 Å². The Balaban J connectivity index is 1.57. The Kier molecular flexibility index (Phi) is 5.87. The number of benzene rings is 1. The number of amides is 1. The number of thioether (sulfide) groups is 1. The van der Waals surface area contributed by atoms with E-state index in [-0.39, 0.29) is 17.3 Å². The van der Waals surface area contributed by atoms with Crippen molar-refractivity contribution in [1.82, 2.24) is 20.1 Å². The summed E-state index contributed by atoms with van der Waals surface area (Å²) in [5.74, 6) is 1.65. The Labute approximate surface area is 169 Å². The highest BCUT2D eigenvalue weighted by molar-refractivity contribution is 8.00. The average Bonchev–Trinajstić information content (AvgIpc) is 3.22. The highest BCUT2D eigenvalue weighted by Crippen LogP contribution is 2.30. The normalized spacial score (nSPS) is 20.1. The van der Waals surface area contributed by atoms with Gasteiger partial charge >= 0.3 is 0 Å². The lowest BCUT2D eigenvalue weighted by Gasteiger charge is -2.16. The highest BCUT2D eigenvalue weighted by Gasteiger charge is 2.28. The van der Waals surface area contributed by atoms with Gasteiger partial charge in [0.2, 0.25) is 5.91 Å². The van der Waals surface area contributed by atoms with Crippen molar-refractivity contribution in [3.8, 4) is 17.1 Å². The molecule has 150 valence electrons. The molecule has 0 bridgehead atoms. The van der Waals surface area contributed by atoms with Gasteiger partial charge in [-0.1, -0.05) is 11.8 Å². The third-order valence-electron chi connectivity index (χ3n) is 5.05. The minimum absolute atomic E-state index is 0.0603. The fourth-order valence-corrected chi connectivity index (χ4v) is 4.11. The maximum atomic E-state index is 12.4. The fraction of sp³-hybridized carbons (Fsp3) is 0.550. The Bertz CT molecular complexity index is 813. The third kappa shape index (κ3) is 4.50. The number of carbonyl (C=O) groups excluding carboxylic acids is 1. The van der Waals surface area contributed by atoms with E-state index < -0.39 is 0 Å². The van der Waals surface area contributed by atoms with Crippen molar-refractivity contribution in [3.05, 3.63) is 24.3 Å². The molecule has 1 aromatic carbocycles. The maximum absolute atomic E-state index is 12.4. The number of nitrogens with one attached hydrogen (secondary N) is 1. The first-order valence-electron chi connectivity index (χ1n) is 9.80. The van der Waals surface area contributed by atoms with Crippen molar-refractivity contribution in [2.24, 2.45) is 0 Å². The zero-order valence-electron chi connectivity index (χ0n) is 16.3. The molecule has 2 unspecified atom stereocenters. The van der Waals surface area contributed by atoms with Crippen LogP contribution in [0.3, 0.4) is 0 Å². The van der Waals surface area contributed by atoms with Crippen molar-refractivity contribution in [2.75, 3.05) is 13.7 Å². The first-order chi connectivity index (χ1) is 13.6. The molecule has 2 heterocycles. The molecule has 0 radical (unpaired) electrons. The third-order valence-corrected chi connectivity index (χ3v) is 6.13. The number of hydrogen-bond acceptors (Lipinski definition) is 6. The first-order valence-corrected chi connectivity index (χ1v) is 10.7. The summed E-state index contributed by atoms with van der Waals surface area (Å²) in [6.45, 7) is 3.40. The van der Waals surface area contributed by atoms with Crippen LogP contribution < -0.4 is 10.1 Å². The molecule has 1 saturated heterocycles. The largest absolute Gasteiger partial charge is 0.497 e. The van der Waals surface area contributed by atoms with Gasteiger partial charge in [0.1, 0.15) is 5.75 Å². The van der Waals surface area contributed by atoms with E-state index in [1.165, 1.54) is 11.8 Å². The molecule has 2 aromatic rings. The first kappa shape index (κ1) is 19.3. The molecule has 1 aliphatic heterocycles. The van der Waals surface area contributed by atoms with Crippen LogP contribution in [0.25, 0.3) is 11.4 Å². The lowest BCUT2D eigenvalue weighted by Crippen LogP contribution is -2.32. The molecular weight excluding hydrogens is 376 g/mol. The van der Waals surface area contributed by atoms with E-state index in [0.717, 1.165) is 54.6 Å². The second-order valence-corrected chi connectivity index (χ2v) is 8.63. The second-order valence-electron chi connectivity index (χ2n) is 7.32. The van der Waals surface area contributed by atoms with Crippen LogP contribution in [0, 0.1) is 0 Å². The van der Waals surface area contributed by atoms with Crippen molar-refractivity contribution in [2.45, 2.75) is 61.7 Å². The van der Waals surface area contributed by atoms with Crippen LogP contribution in [0.2, 0.25) is 0 Å². The molecule has 28 heavy (non-hydrogen) atoms. The molecule has 2 fully saturated rings. The number of nitrogens with zero attached hydrogens (tertiary/aromatic N) is 3. The smallest absolute Gasteiger partial charge is 0.233 e. The minimum atomic E-state index is -0.225. The molecule has 2 atom stereocenters. The molecule has 1 aromatic heterocycles. The molecular formula is C20H26N4O3S. The van der Waals surface area contributed by atoms with Crippen LogP contribution in [0.4, 0.5) is 0 Å². The molecule has 7 nitrogen and oxygen atoms in total. The van der Waals surface area contributed by atoms with Gasteiger partial charge < -0.3 is 14.8 Å². The number of ether oxygens (including phenoxy) is 2. The average molecular weight is 403 g/mol. The number of methoxy groups -OCH3 is 1. The monoisotopic (exact) mass is 402 g/mol. The molecule has 1 aliphatic carbocycles. The van der Waals surface area contributed by atoms with Crippen molar-refractivity contribution < 1.29 is 14.3 Å². The predicted octanol–water partition coefficient (Wildman–Crippen LogP) is 2.89.